The molecule has 0 unspecified atom stereocenters. The van der Waals surface area contributed by atoms with E-state index in [0.29, 0.717) is 24.7 Å². The molecule has 7 nitrogen and oxygen atoms in total. The average molecular weight is 381 g/mol. The lowest BCUT2D eigenvalue weighted by Crippen LogP contribution is -2.45. The highest BCUT2D eigenvalue weighted by atomic mass is 32.2. The van der Waals surface area contributed by atoms with Crippen LogP contribution in [0.3, 0.4) is 0 Å². The lowest BCUT2D eigenvalue weighted by atomic mass is 10.0. The summed E-state index contributed by atoms with van der Waals surface area (Å²) >= 11 is 0. The van der Waals surface area contributed by atoms with E-state index in [1.807, 2.05) is 14.1 Å². The Bertz CT molecular complexity index is 736. The van der Waals surface area contributed by atoms with Crippen LogP contribution in [0.4, 0.5) is 0 Å². The monoisotopic (exact) mass is 381 g/mol. The van der Waals surface area contributed by atoms with Crippen LogP contribution in [-0.2, 0) is 14.8 Å². The topological polar surface area (TPSA) is 86.8 Å². The number of nitrogens with one attached hydrogen (secondary N) is 1. The third-order valence-corrected chi connectivity index (χ3v) is 6.23. The van der Waals surface area contributed by atoms with Crippen LogP contribution in [0.1, 0.15) is 36.5 Å². The maximum atomic E-state index is 12.3. The predicted octanol–water partition coefficient (Wildman–Crippen LogP) is 1.11. The normalized spacial score (nSPS) is 16.1. The quantitative estimate of drug-likeness (QED) is 0.715. The lowest BCUT2D eigenvalue weighted by Gasteiger charge is -2.35. The molecule has 1 aromatic carbocycles. The Labute approximate surface area is 155 Å². The van der Waals surface area contributed by atoms with Gasteiger partial charge in [0.05, 0.1) is 4.90 Å². The first-order valence-electron chi connectivity index (χ1n) is 8.75. The van der Waals surface area contributed by atoms with Gasteiger partial charge in [0.1, 0.15) is 0 Å². The second-order valence-corrected chi connectivity index (χ2v) is 8.57. The lowest BCUT2D eigenvalue weighted by molar-refractivity contribution is -0.132. The van der Waals surface area contributed by atoms with E-state index in [4.69, 9.17) is 0 Å². The van der Waals surface area contributed by atoms with Crippen molar-refractivity contribution in [3.8, 4) is 0 Å². The third kappa shape index (κ3) is 5.36. The van der Waals surface area contributed by atoms with Crippen molar-refractivity contribution in [1.29, 1.82) is 0 Å². The molecule has 8 heteroatoms. The van der Waals surface area contributed by atoms with Crippen LogP contribution in [0.5, 0.6) is 0 Å². The highest BCUT2D eigenvalue weighted by Gasteiger charge is 2.24. The van der Waals surface area contributed by atoms with Crippen molar-refractivity contribution in [2.24, 2.45) is 0 Å². The predicted molar refractivity (Wildman–Crippen MR) is 99.5 cm³/mol. The number of hydrogen-bond acceptors (Lipinski definition) is 5. The fourth-order valence-corrected chi connectivity index (χ4v) is 4.07. The van der Waals surface area contributed by atoms with Crippen LogP contribution in [0.15, 0.2) is 29.2 Å². The third-order valence-electron chi connectivity index (χ3n) is 4.75. The van der Waals surface area contributed by atoms with Crippen molar-refractivity contribution < 1.29 is 18.0 Å². The van der Waals surface area contributed by atoms with E-state index in [1.165, 1.54) is 31.2 Å². The maximum absolute atomic E-state index is 12.3. The number of ketones is 1. The minimum Gasteiger partial charge on any atom is -0.343 e. The zero-order valence-corrected chi connectivity index (χ0v) is 16.4. The minimum atomic E-state index is -3.69. The molecule has 1 aromatic rings. The molecule has 1 fully saturated rings. The van der Waals surface area contributed by atoms with E-state index < -0.39 is 10.0 Å². The molecular formula is C18H27N3O4S. The van der Waals surface area contributed by atoms with Gasteiger partial charge in [-0.1, -0.05) is 12.1 Å². The van der Waals surface area contributed by atoms with Crippen molar-refractivity contribution in [3.05, 3.63) is 29.8 Å². The van der Waals surface area contributed by atoms with Gasteiger partial charge in [0.2, 0.25) is 15.9 Å². The van der Waals surface area contributed by atoms with Crippen molar-refractivity contribution in [1.82, 2.24) is 14.5 Å². The number of likely N-dealkylation sites (tertiary alicyclic amines) is 1. The van der Waals surface area contributed by atoms with E-state index in [1.54, 1.807) is 4.90 Å². The minimum absolute atomic E-state index is 0.0307. The first kappa shape index (κ1) is 20.5. The summed E-state index contributed by atoms with van der Waals surface area (Å²) in [6.45, 7) is 2.90. The number of hydrogen-bond donors (Lipinski definition) is 1. The summed E-state index contributed by atoms with van der Waals surface area (Å²) in [5, 5.41) is 0. The fraction of sp³-hybridized carbons (Fsp3) is 0.556. The molecule has 0 saturated carbocycles. The van der Waals surface area contributed by atoms with Crippen LogP contribution >= 0.6 is 0 Å². The number of carbonyl (C=O) groups excluding carboxylic acids is 2. The zero-order valence-electron chi connectivity index (χ0n) is 15.6. The number of carbonyl (C=O) groups is 2. The van der Waals surface area contributed by atoms with E-state index in [0.717, 1.165) is 12.8 Å². The van der Waals surface area contributed by atoms with Crippen LogP contribution in [0, 0.1) is 0 Å². The van der Waals surface area contributed by atoms with Gasteiger partial charge in [0, 0.05) is 37.7 Å². The first-order chi connectivity index (χ1) is 12.2. The summed E-state index contributed by atoms with van der Waals surface area (Å²) in [5.74, 6) is -0.151. The summed E-state index contributed by atoms with van der Waals surface area (Å²) in [7, 11) is 0.395. The number of Topliss-reactive ketones (excluding diaryl/α,β-unsaturated/α-hetero) is 1. The molecule has 1 aliphatic rings. The first-order valence-corrected chi connectivity index (χ1v) is 10.2. The molecule has 0 bridgehead atoms. The molecular weight excluding hydrogens is 354 g/mol. The largest absolute Gasteiger partial charge is 0.343 e. The molecule has 1 heterocycles. The highest BCUT2D eigenvalue weighted by Crippen LogP contribution is 2.15. The summed E-state index contributed by atoms with van der Waals surface area (Å²) in [5.41, 5.74) is 0.459. The van der Waals surface area contributed by atoms with Gasteiger partial charge in [-0.3, -0.25) is 9.59 Å². The smallest absolute Gasteiger partial charge is 0.240 e. The number of sulfonamides is 1. The van der Waals surface area contributed by atoms with Gasteiger partial charge in [-0.05, 0) is 46.0 Å². The number of rotatable bonds is 7. The van der Waals surface area contributed by atoms with Gasteiger partial charge < -0.3 is 9.80 Å². The van der Waals surface area contributed by atoms with Crippen LogP contribution in [0.25, 0.3) is 0 Å². The highest BCUT2D eigenvalue weighted by molar-refractivity contribution is 7.89. The number of nitrogens with zero attached hydrogens (tertiary/aromatic N) is 2. The number of piperidine rings is 1. The zero-order chi connectivity index (χ0) is 19.3. The summed E-state index contributed by atoms with van der Waals surface area (Å²) in [6, 6.07) is 6.25. The Morgan fingerprint density at radius 2 is 1.73 bits per heavy atom. The molecule has 1 N–H and O–H groups in total. The van der Waals surface area contributed by atoms with E-state index in [9.17, 15) is 18.0 Å². The van der Waals surface area contributed by atoms with Gasteiger partial charge in [0.25, 0.3) is 0 Å². The second kappa shape index (κ2) is 8.75. The standard InChI is InChI=1S/C18H27N3O4S/c1-14(22)15-4-6-17(7-5-15)26(24,25)19-11-8-18(23)21-12-9-16(10-13-21)20(2)3/h4-7,16,19H,8-13H2,1-3H3. The second-order valence-electron chi connectivity index (χ2n) is 6.80. The molecule has 0 spiro atoms. The SMILES string of the molecule is CC(=O)c1ccc(S(=O)(=O)NCCC(=O)N2CCC(N(C)C)CC2)cc1. The molecule has 0 atom stereocenters. The molecule has 1 aliphatic heterocycles. The number of amides is 1. The van der Waals surface area contributed by atoms with Crippen LogP contribution in [-0.4, -0.2) is 69.7 Å². The Balaban J connectivity index is 1.82. The van der Waals surface area contributed by atoms with Crippen molar-refractivity contribution in [2.75, 3.05) is 33.7 Å². The molecule has 0 aliphatic carbocycles. The van der Waals surface area contributed by atoms with Crippen molar-refractivity contribution in [3.63, 3.8) is 0 Å². The molecule has 0 aromatic heterocycles. The Morgan fingerprint density at radius 3 is 2.23 bits per heavy atom. The molecule has 26 heavy (non-hydrogen) atoms. The molecule has 0 radical (unpaired) electrons. The van der Waals surface area contributed by atoms with Crippen LogP contribution < -0.4 is 4.72 Å². The molecule has 144 valence electrons. The van der Waals surface area contributed by atoms with Gasteiger partial charge in [0.15, 0.2) is 5.78 Å². The van der Waals surface area contributed by atoms with Gasteiger partial charge >= 0.3 is 0 Å². The molecule has 2 rings (SSSR count). The van der Waals surface area contributed by atoms with E-state index in [2.05, 4.69) is 9.62 Å². The average Bonchev–Trinajstić information content (AvgIpc) is 2.61. The molecule has 1 amide bonds. The Morgan fingerprint density at radius 1 is 1.15 bits per heavy atom. The Kier molecular flexibility index (Phi) is 6.91. The number of benzene rings is 1. The van der Waals surface area contributed by atoms with E-state index >= 15 is 0 Å². The van der Waals surface area contributed by atoms with Gasteiger partial charge in [-0.25, -0.2) is 13.1 Å². The van der Waals surface area contributed by atoms with Crippen molar-refractivity contribution >= 4 is 21.7 Å². The van der Waals surface area contributed by atoms with Crippen molar-refractivity contribution in [2.45, 2.75) is 37.1 Å². The fourth-order valence-electron chi connectivity index (χ4n) is 3.03. The summed E-state index contributed by atoms with van der Waals surface area (Å²) < 4.78 is 27.0. The van der Waals surface area contributed by atoms with Crippen LogP contribution in [0.2, 0.25) is 0 Å². The Hall–Kier alpha value is -1.77. The summed E-state index contributed by atoms with van der Waals surface area (Å²) in [4.78, 5) is 27.6. The van der Waals surface area contributed by atoms with Gasteiger partial charge in [-0.15, -0.1) is 0 Å². The van der Waals surface area contributed by atoms with Gasteiger partial charge in [-0.2, -0.15) is 0 Å². The molecule has 1 saturated heterocycles. The van der Waals surface area contributed by atoms with E-state index in [-0.39, 0.29) is 29.6 Å². The maximum Gasteiger partial charge on any atom is 0.240 e. The summed E-state index contributed by atoms with van der Waals surface area (Å²) in [6.07, 6.45) is 2.01.